The highest BCUT2D eigenvalue weighted by molar-refractivity contribution is 5.19. The van der Waals surface area contributed by atoms with E-state index in [1.165, 1.54) is 31.4 Å². The van der Waals surface area contributed by atoms with Crippen molar-refractivity contribution in [2.75, 3.05) is 0 Å². The van der Waals surface area contributed by atoms with Crippen LogP contribution in [0, 0.1) is 23.6 Å². The van der Waals surface area contributed by atoms with E-state index in [-0.39, 0.29) is 11.4 Å². The predicted molar refractivity (Wildman–Crippen MR) is 78.4 cm³/mol. The van der Waals surface area contributed by atoms with Crippen LogP contribution in [0.3, 0.4) is 0 Å². The van der Waals surface area contributed by atoms with Crippen molar-refractivity contribution >= 4 is 0 Å². The highest BCUT2D eigenvalue weighted by Crippen LogP contribution is 2.39. The van der Waals surface area contributed by atoms with Crippen LogP contribution in [0.2, 0.25) is 0 Å². The van der Waals surface area contributed by atoms with Crippen LogP contribution in [0.5, 0.6) is 0 Å². The molecule has 4 unspecified atom stereocenters. The fraction of sp³-hybridized carbons (Fsp3) is 0.647. The van der Waals surface area contributed by atoms with Gasteiger partial charge >= 0.3 is 0 Å². The van der Waals surface area contributed by atoms with Crippen LogP contribution in [0.4, 0.5) is 4.39 Å². The van der Waals surface area contributed by atoms with E-state index in [1.54, 1.807) is 0 Å². The lowest BCUT2D eigenvalue weighted by Crippen LogP contribution is -2.48. The summed E-state index contributed by atoms with van der Waals surface area (Å²) in [5.74, 6) is 1.97. The fourth-order valence-electron chi connectivity index (χ4n) is 3.33. The molecule has 1 nitrogen and oxygen atoms in total. The highest BCUT2D eigenvalue weighted by Gasteiger charge is 2.35. The summed E-state index contributed by atoms with van der Waals surface area (Å²) in [6.45, 7) is 6.84. The first-order valence-electron chi connectivity index (χ1n) is 7.42. The van der Waals surface area contributed by atoms with Gasteiger partial charge in [-0.05, 0) is 61.6 Å². The van der Waals surface area contributed by atoms with Gasteiger partial charge < -0.3 is 5.73 Å². The number of benzene rings is 1. The molecule has 0 radical (unpaired) electrons. The van der Waals surface area contributed by atoms with Crippen LogP contribution in [-0.2, 0) is 6.42 Å². The zero-order valence-corrected chi connectivity index (χ0v) is 12.3. The third kappa shape index (κ3) is 3.56. The molecule has 2 heteroatoms. The van der Waals surface area contributed by atoms with Gasteiger partial charge in [0.15, 0.2) is 0 Å². The number of rotatable bonds is 3. The smallest absolute Gasteiger partial charge is 0.123 e. The van der Waals surface area contributed by atoms with Gasteiger partial charge in [0.2, 0.25) is 0 Å². The van der Waals surface area contributed by atoms with Crippen molar-refractivity contribution in [2.24, 2.45) is 23.5 Å². The van der Waals surface area contributed by atoms with Gasteiger partial charge in [-0.15, -0.1) is 0 Å². The standard InChI is InChI=1S/C17H26FN/c1-12-4-7-15(10-13(12)2)17(3,19)11-14-5-8-16(18)9-6-14/h5-6,8-9,12-13,15H,4,7,10-11,19H2,1-3H3. The Morgan fingerprint density at radius 1 is 1.16 bits per heavy atom. The molecule has 0 aromatic heterocycles. The van der Waals surface area contributed by atoms with Crippen molar-refractivity contribution < 1.29 is 4.39 Å². The van der Waals surface area contributed by atoms with Gasteiger partial charge in [0.25, 0.3) is 0 Å². The van der Waals surface area contributed by atoms with Crippen molar-refractivity contribution in [1.82, 2.24) is 0 Å². The molecule has 2 N–H and O–H groups in total. The van der Waals surface area contributed by atoms with E-state index in [0.717, 1.165) is 23.8 Å². The van der Waals surface area contributed by atoms with Gasteiger partial charge in [0.05, 0.1) is 0 Å². The number of halogens is 1. The Morgan fingerprint density at radius 3 is 2.37 bits per heavy atom. The summed E-state index contributed by atoms with van der Waals surface area (Å²) < 4.78 is 12.9. The summed E-state index contributed by atoms with van der Waals surface area (Å²) in [6.07, 6.45) is 4.55. The molecule has 1 aromatic rings. The molecule has 0 spiro atoms. The molecule has 4 atom stereocenters. The van der Waals surface area contributed by atoms with Crippen molar-refractivity contribution in [2.45, 2.75) is 52.0 Å². The summed E-state index contributed by atoms with van der Waals surface area (Å²) in [5, 5.41) is 0. The van der Waals surface area contributed by atoms with Crippen LogP contribution >= 0.6 is 0 Å². The first kappa shape index (κ1) is 14.5. The van der Waals surface area contributed by atoms with Gasteiger partial charge in [0, 0.05) is 5.54 Å². The molecular formula is C17H26FN. The summed E-state index contributed by atoms with van der Waals surface area (Å²) in [6, 6.07) is 6.76. The molecule has 1 aliphatic rings. The maximum Gasteiger partial charge on any atom is 0.123 e. The molecule has 1 aromatic carbocycles. The second-order valence-electron chi connectivity index (χ2n) is 6.77. The molecular weight excluding hydrogens is 237 g/mol. The summed E-state index contributed by atoms with van der Waals surface area (Å²) in [5.41, 5.74) is 7.52. The monoisotopic (exact) mass is 263 g/mol. The molecule has 0 saturated heterocycles. The number of hydrogen-bond acceptors (Lipinski definition) is 1. The molecule has 106 valence electrons. The second kappa shape index (κ2) is 5.62. The normalized spacial score (nSPS) is 30.9. The Hall–Kier alpha value is -0.890. The first-order chi connectivity index (χ1) is 8.88. The Morgan fingerprint density at radius 2 is 1.79 bits per heavy atom. The van der Waals surface area contributed by atoms with Crippen LogP contribution in [0.1, 0.15) is 45.6 Å². The van der Waals surface area contributed by atoms with Gasteiger partial charge in [-0.3, -0.25) is 0 Å². The van der Waals surface area contributed by atoms with Gasteiger partial charge in [0.1, 0.15) is 5.82 Å². The number of hydrogen-bond donors (Lipinski definition) is 1. The Bertz CT molecular complexity index is 410. The topological polar surface area (TPSA) is 26.0 Å². The zero-order chi connectivity index (χ0) is 14.0. The molecule has 1 aliphatic carbocycles. The quantitative estimate of drug-likeness (QED) is 0.870. The molecule has 0 heterocycles. The van der Waals surface area contributed by atoms with Crippen LogP contribution in [0.15, 0.2) is 24.3 Å². The van der Waals surface area contributed by atoms with E-state index in [1.807, 2.05) is 12.1 Å². The second-order valence-corrected chi connectivity index (χ2v) is 6.77. The van der Waals surface area contributed by atoms with Crippen LogP contribution in [-0.4, -0.2) is 5.54 Å². The van der Waals surface area contributed by atoms with E-state index in [9.17, 15) is 4.39 Å². The maximum absolute atomic E-state index is 12.9. The van der Waals surface area contributed by atoms with Crippen molar-refractivity contribution in [1.29, 1.82) is 0 Å². The molecule has 2 rings (SSSR count). The molecule has 0 amide bonds. The van der Waals surface area contributed by atoms with Crippen molar-refractivity contribution in [3.05, 3.63) is 35.6 Å². The van der Waals surface area contributed by atoms with Crippen molar-refractivity contribution in [3.8, 4) is 0 Å². The summed E-state index contributed by atoms with van der Waals surface area (Å²) in [7, 11) is 0. The lowest BCUT2D eigenvalue weighted by atomic mass is 9.67. The fourth-order valence-corrected chi connectivity index (χ4v) is 3.33. The van der Waals surface area contributed by atoms with E-state index >= 15 is 0 Å². The average Bonchev–Trinajstić information content (AvgIpc) is 2.35. The SMILES string of the molecule is CC1CCC(C(C)(N)Cc2ccc(F)cc2)CC1C. The Balaban J connectivity index is 2.03. The van der Waals surface area contributed by atoms with E-state index in [4.69, 9.17) is 5.73 Å². The highest BCUT2D eigenvalue weighted by atomic mass is 19.1. The summed E-state index contributed by atoms with van der Waals surface area (Å²) in [4.78, 5) is 0. The van der Waals surface area contributed by atoms with Crippen molar-refractivity contribution in [3.63, 3.8) is 0 Å². The minimum Gasteiger partial charge on any atom is -0.325 e. The van der Waals surface area contributed by atoms with Crippen LogP contribution < -0.4 is 5.73 Å². The van der Waals surface area contributed by atoms with E-state index < -0.39 is 0 Å². The third-order valence-electron chi connectivity index (χ3n) is 5.03. The zero-order valence-electron chi connectivity index (χ0n) is 12.3. The minimum atomic E-state index is -0.188. The largest absolute Gasteiger partial charge is 0.325 e. The average molecular weight is 263 g/mol. The molecule has 1 saturated carbocycles. The lowest BCUT2D eigenvalue weighted by molar-refractivity contribution is 0.142. The van der Waals surface area contributed by atoms with Gasteiger partial charge in [-0.25, -0.2) is 4.39 Å². The third-order valence-corrected chi connectivity index (χ3v) is 5.03. The molecule has 1 fully saturated rings. The van der Waals surface area contributed by atoms with E-state index in [0.29, 0.717) is 5.92 Å². The summed E-state index contributed by atoms with van der Waals surface area (Å²) >= 11 is 0. The minimum absolute atomic E-state index is 0.178. The predicted octanol–water partition coefficient (Wildman–Crippen LogP) is 4.16. The first-order valence-corrected chi connectivity index (χ1v) is 7.42. The Kier molecular flexibility index (Phi) is 4.29. The Labute approximate surface area is 116 Å². The molecule has 19 heavy (non-hydrogen) atoms. The number of nitrogens with two attached hydrogens (primary N) is 1. The van der Waals surface area contributed by atoms with Crippen LogP contribution in [0.25, 0.3) is 0 Å². The van der Waals surface area contributed by atoms with E-state index in [2.05, 4.69) is 20.8 Å². The van der Waals surface area contributed by atoms with Gasteiger partial charge in [-0.1, -0.05) is 32.4 Å². The lowest BCUT2D eigenvalue weighted by Gasteiger charge is -2.41. The maximum atomic E-state index is 12.9. The molecule has 0 aliphatic heterocycles. The van der Waals surface area contributed by atoms with Gasteiger partial charge in [-0.2, -0.15) is 0 Å². The molecule has 0 bridgehead atoms.